The van der Waals surface area contributed by atoms with Gasteiger partial charge in [0.15, 0.2) is 0 Å². The van der Waals surface area contributed by atoms with Crippen LogP contribution in [-0.4, -0.2) is 24.9 Å². The van der Waals surface area contributed by atoms with Crippen LogP contribution in [-0.2, 0) is 19.1 Å². The molecule has 2 amide bonds. The molecule has 0 aromatic carbocycles. The molecule has 0 aliphatic carbocycles. The third-order valence-corrected chi connectivity index (χ3v) is 0.899. The SMILES string of the molecule is CC#CC(=O)NNC(=O)C(=O)OC. The molecule has 6 heteroatoms. The van der Waals surface area contributed by atoms with Gasteiger partial charge in [-0.05, 0) is 12.8 Å². The highest BCUT2D eigenvalue weighted by molar-refractivity contribution is 6.32. The molecule has 0 saturated carbocycles. The third kappa shape index (κ3) is 4.42. The summed E-state index contributed by atoms with van der Waals surface area (Å²) >= 11 is 0. The molecule has 6 nitrogen and oxygen atoms in total. The highest BCUT2D eigenvalue weighted by Gasteiger charge is 2.12. The van der Waals surface area contributed by atoms with Crippen LogP contribution in [0.3, 0.4) is 0 Å². The second kappa shape index (κ2) is 5.60. The Hall–Kier alpha value is -2.03. The average molecular weight is 184 g/mol. The lowest BCUT2D eigenvalue weighted by Crippen LogP contribution is -2.44. The molecule has 0 saturated heterocycles. The van der Waals surface area contributed by atoms with E-state index in [1.54, 1.807) is 5.43 Å². The summed E-state index contributed by atoms with van der Waals surface area (Å²) in [4.78, 5) is 31.7. The van der Waals surface area contributed by atoms with Crippen LogP contribution < -0.4 is 10.9 Å². The van der Waals surface area contributed by atoms with Crippen molar-refractivity contribution >= 4 is 17.8 Å². The normalized spacial score (nSPS) is 7.54. The lowest BCUT2D eigenvalue weighted by atomic mass is 10.6. The monoisotopic (exact) mass is 184 g/mol. The van der Waals surface area contributed by atoms with Crippen molar-refractivity contribution in [2.24, 2.45) is 0 Å². The van der Waals surface area contributed by atoms with Gasteiger partial charge in [-0.25, -0.2) is 4.79 Å². The summed E-state index contributed by atoms with van der Waals surface area (Å²) in [6.07, 6.45) is 0. The number of hydrogen-bond acceptors (Lipinski definition) is 4. The van der Waals surface area contributed by atoms with Crippen molar-refractivity contribution in [3.8, 4) is 11.8 Å². The Morgan fingerprint density at radius 1 is 1.23 bits per heavy atom. The minimum absolute atomic E-state index is 0.709. The molecular formula is C7H8N2O4. The van der Waals surface area contributed by atoms with Crippen LogP contribution in [0.2, 0.25) is 0 Å². The van der Waals surface area contributed by atoms with E-state index >= 15 is 0 Å². The van der Waals surface area contributed by atoms with Crippen molar-refractivity contribution in [3.63, 3.8) is 0 Å². The molecule has 2 N–H and O–H groups in total. The van der Waals surface area contributed by atoms with Crippen molar-refractivity contribution in [3.05, 3.63) is 0 Å². The standard InChI is InChI=1S/C7H8N2O4/c1-3-4-5(10)8-9-6(11)7(12)13-2/h1-2H3,(H,8,10)(H,9,11). The van der Waals surface area contributed by atoms with Gasteiger partial charge >= 0.3 is 17.8 Å². The van der Waals surface area contributed by atoms with E-state index in [0.29, 0.717) is 0 Å². The molecule has 0 spiro atoms. The molecule has 0 bridgehead atoms. The van der Waals surface area contributed by atoms with Crippen molar-refractivity contribution in [2.75, 3.05) is 7.11 Å². The molecule has 0 unspecified atom stereocenters. The van der Waals surface area contributed by atoms with Gasteiger partial charge in [-0.3, -0.25) is 20.4 Å². The summed E-state index contributed by atoms with van der Waals surface area (Å²) in [5.74, 6) is 1.53. The van der Waals surface area contributed by atoms with Gasteiger partial charge in [0.2, 0.25) is 0 Å². The van der Waals surface area contributed by atoms with E-state index in [-0.39, 0.29) is 0 Å². The zero-order valence-electron chi connectivity index (χ0n) is 7.13. The van der Waals surface area contributed by atoms with Gasteiger partial charge in [-0.2, -0.15) is 0 Å². The van der Waals surface area contributed by atoms with Crippen LogP contribution in [0.5, 0.6) is 0 Å². The number of esters is 1. The number of nitrogens with one attached hydrogen (secondary N) is 2. The van der Waals surface area contributed by atoms with Gasteiger partial charge in [0.05, 0.1) is 7.11 Å². The maximum Gasteiger partial charge on any atom is 0.398 e. The fraction of sp³-hybridized carbons (Fsp3) is 0.286. The number of methoxy groups -OCH3 is 1. The van der Waals surface area contributed by atoms with Crippen molar-refractivity contribution in [1.29, 1.82) is 0 Å². The maximum atomic E-state index is 10.6. The number of ether oxygens (including phenoxy) is 1. The first kappa shape index (κ1) is 11.0. The predicted molar refractivity (Wildman–Crippen MR) is 41.8 cm³/mol. The molecule has 0 aromatic rings. The minimum atomic E-state index is -1.09. The molecule has 0 aliphatic heterocycles. The lowest BCUT2D eigenvalue weighted by molar-refractivity contribution is -0.153. The van der Waals surface area contributed by atoms with Crippen molar-refractivity contribution in [1.82, 2.24) is 10.9 Å². The van der Waals surface area contributed by atoms with Crippen LogP contribution in [0, 0.1) is 11.8 Å². The topological polar surface area (TPSA) is 84.5 Å². The van der Waals surface area contributed by atoms with E-state index in [4.69, 9.17) is 0 Å². The van der Waals surface area contributed by atoms with Crippen LogP contribution >= 0.6 is 0 Å². The first-order valence-electron chi connectivity index (χ1n) is 3.22. The zero-order chi connectivity index (χ0) is 10.3. The summed E-state index contributed by atoms with van der Waals surface area (Å²) in [5, 5.41) is 0. The Kier molecular flexibility index (Phi) is 4.72. The van der Waals surface area contributed by atoms with Gasteiger partial charge in [-0.15, -0.1) is 0 Å². The highest BCUT2D eigenvalue weighted by atomic mass is 16.5. The molecule has 0 aliphatic rings. The number of amides is 2. The Morgan fingerprint density at radius 3 is 2.31 bits per heavy atom. The van der Waals surface area contributed by atoms with Gasteiger partial charge in [0, 0.05) is 0 Å². The van der Waals surface area contributed by atoms with Gasteiger partial charge in [0.1, 0.15) is 0 Å². The van der Waals surface area contributed by atoms with Gasteiger partial charge in [0.25, 0.3) is 0 Å². The van der Waals surface area contributed by atoms with Crippen molar-refractivity contribution < 1.29 is 19.1 Å². The summed E-state index contributed by atoms with van der Waals surface area (Å²) < 4.78 is 4.07. The number of hydrazine groups is 1. The van der Waals surface area contributed by atoms with Crippen LogP contribution in [0.4, 0.5) is 0 Å². The van der Waals surface area contributed by atoms with Crippen molar-refractivity contribution in [2.45, 2.75) is 6.92 Å². The third-order valence-electron chi connectivity index (χ3n) is 0.899. The number of carbonyl (C=O) groups is 3. The molecule has 0 heterocycles. The highest BCUT2D eigenvalue weighted by Crippen LogP contribution is 1.70. The fourth-order valence-electron chi connectivity index (χ4n) is 0.402. The Balaban J connectivity index is 3.88. The van der Waals surface area contributed by atoms with E-state index in [1.807, 2.05) is 5.43 Å². The van der Waals surface area contributed by atoms with Gasteiger partial charge < -0.3 is 4.74 Å². The quantitative estimate of drug-likeness (QED) is 0.204. The first-order valence-corrected chi connectivity index (χ1v) is 3.22. The molecule has 0 atom stereocenters. The van der Waals surface area contributed by atoms with Gasteiger partial charge in [-0.1, -0.05) is 5.92 Å². The fourth-order valence-corrected chi connectivity index (χ4v) is 0.402. The zero-order valence-corrected chi connectivity index (χ0v) is 7.13. The summed E-state index contributed by atoms with van der Waals surface area (Å²) in [6.45, 7) is 1.46. The maximum absolute atomic E-state index is 10.6. The van der Waals surface area contributed by atoms with E-state index in [1.165, 1.54) is 6.92 Å². The van der Waals surface area contributed by atoms with Crippen LogP contribution in [0.25, 0.3) is 0 Å². The molecule has 0 aromatic heterocycles. The molecule has 0 radical (unpaired) electrons. The Labute approximate surface area is 74.6 Å². The average Bonchev–Trinajstić information content (AvgIpc) is 2.13. The van der Waals surface area contributed by atoms with E-state index < -0.39 is 17.8 Å². The second-order valence-corrected chi connectivity index (χ2v) is 1.77. The van der Waals surface area contributed by atoms with E-state index in [0.717, 1.165) is 7.11 Å². The second-order valence-electron chi connectivity index (χ2n) is 1.77. The Morgan fingerprint density at radius 2 is 1.85 bits per heavy atom. The van der Waals surface area contributed by atoms with Crippen LogP contribution in [0.15, 0.2) is 0 Å². The van der Waals surface area contributed by atoms with E-state index in [2.05, 4.69) is 16.6 Å². The minimum Gasteiger partial charge on any atom is -0.462 e. The largest absolute Gasteiger partial charge is 0.462 e. The molecular weight excluding hydrogens is 176 g/mol. The lowest BCUT2D eigenvalue weighted by Gasteiger charge is -2.01. The molecule has 13 heavy (non-hydrogen) atoms. The van der Waals surface area contributed by atoms with Crippen LogP contribution in [0.1, 0.15) is 6.92 Å². The smallest absolute Gasteiger partial charge is 0.398 e. The molecule has 0 fully saturated rings. The molecule has 70 valence electrons. The number of rotatable bonds is 0. The first-order chi connectivity index (χ1) is 6.11. The summed E-state index contributed by atoms with van der Waals surface area (Å²) in [7, 11) is 1.05. The molecule has 0 rings (SSSR count). The summed E-state index contributed by atoms with van der Waals surface area (Å²) in [6, 6.07) is 0. The predicted octanol–water partition coefficient (Wildman–Crippen LogP) is -1.67. The Bertz CT molecular complexity index is 287. The van der Waals surface area contributed by atoms with E-state index in [9.17, 15) is 14.4 Å². The number of carbonyl (C=O) groups excluding carboxylic acids is 3. The summed E-state index contributed by atoms with van der Waals surface area (Å²) in [5.41, 5.74) is 3.69. The number of hydrogen-bond donors (Lipinski definition) is 2.